The second-order valence-corrected chi connectivity index (χ2v) is 6.29. The predicted molar refractivity (Wildman–Crippen MR) is 69.6 cm³/mol. The van der Waals surface area contributed by atoms with Crippen molar-refractivity contribution >= 4 is 67.8 Å². The van der Waals surface area contributed by atoms with Crippen molar-refractivity contribution < 1.29 is 10.2 Å². The molecule has 0 bridgehead atoms. The summed E-state index contributed by atoms with van der Waals surface area (Å²) in [6.45, 7) is 0. The van der Waals surface area contributed by atoms with Gasteiger partial charge in [-0.05, 0) is 57.3 Å². The van der Waals surface area contributed by atoms with E-state index in [1.807, 2.05) is 45.2 Å². The monoisotopic (exact) mass is 490 g/mol. The van der Waals surface area contributed by atoms with Gasteiger partial charge in [-0.2, -0.15) is 0 Å². The van der Waals surface area contributed by atoms with E-state index in [-0.39, 0.29) is 9.68 Å². The second-order valence-electron chi connectivity index (χ2n) is 2.16. The first-order valence-electron chi connectivity index (χ1n) is 2.78. The lowest BCUT2D eigenvalue weighted by Crippen LogP contribution is -2.31. The van der Waals surface area contributed by atoms with Crippen LogP contribution in [0.2, 0.25) is 0 Å². The molecule has 1 rings (SSSR count). The summed E-state index contributed by atoms with van der Waals surface area (Å²) in [4.78, 5) is 0. The van der Waals surface area contributed by atoms with Gasteiger partial charge in [-0.25, -0.2) is 0 Å². The van der Waals surface area contributed by atoms with Crippen molar-refractivity contribution in [2.24, 2.45) is 0 Å². The summed E-state index contributed by atoms with van der Waals surface area (Å²) in [7, 11) is 0. The highest BCUT2D eigenvalue weighted by atomic mass is 127. The Morgan fingerprint density at radius 3 is 2.55 bits per heavy atom. The highest BCUT2D eigenvalue weighted by molar-refractivity contribution is 14.1. The Kier molecular flexibility index (Phi) is 3.50. The molecule has 2 atom stereocenters. The molecule has 1 aliphatic rings. The standard InChI is InChI=1S/C6H5I3O2/c7-4-3(10)1-2-6(9,11)5(4)8/h1-2,5,10-11H. The maximum Gasteiger partial charge on any atom is 0.150 e. The zero-order valence-corrected chi connectivity index (χ0v) is 11.7. The van der Waals surface area contributed by atoms with Gasteiger partial charge in [0.25, 0.3) is 0 Å². The predicted octanol–water partition coefficient (Wildman–Crippen LogP) is 2.69. The smallest absolute Gasteiger partial charge is 0.150 e. The number of hydrogen-bond donors (Lipinski definition) is 2. The molecule has 0 saturated heterocycles. The van der Waals surface area contributed by atoms with E-state index in [2.05, 4.69) is 22.6 Å². The highest BCUT2D eigenvalue weighted by Gasteiger charge is 2.35. The fourth-order valence-electron chi connectivity index (χ4n) is 0.667. The maximum absolute atomic E-state index is 9.67. The molecule has 2 N–H and O–H groups in total. The number of alkyl halides is 2. The van der Waals surface area contributed by atoms with Crippen molar-refractivity contribution in [3.8, 4) is 0 Å². The lowest BCUT2D eigenvalue weighted by Gasteiger charge is -2.26. The third-order valence-corrected chi connectivity index (χ3v) is 7.41. The van der Waals surface area contributed by atoms with Crippen LogP contribution in [-0.4, -0.2) is 17.7 Å². The van der Waals surface area contributed by atoms with Crippen molar-refractivity contribution in [1.82, 2.24) is 0 Å². The lowest BCUT2D eigenvalue weighted by molar-refractivity contribution is 0.213. The molecule has 0 fully saturated rings. The van der Waals surface area contributed by atoms with Crippen molar-refractivity contribution in [1.29, 1.82) is 0 Å². The second kappa shape index (κ2) is 3.66. The molecule has 0 heterocycles. The van der Waals surface area contributed by atoms with Gasteiger partial charge in [0.05, 0.1) is 3.92 Å². The SMILES string of the molecule is OC1=C(I)C(I)C(O)(I)C=C1. The van der Waals surface area contributed by atoms with Gasteiger partial charge in [0.1, 0.15) is 5.76 Å². The Morgan fingerprint density at radius 2 is 2.09 bits per heavy atom. The molecule has 62 valence electrons. The van der Waals surface area contributed by atoms with Crippen molar-refractivity contribution in [2.75, 3.05) is 0 Å². The van der Waals surface area contributed by atoms with Gasteiger partial charge in [0, 0.05) is 3.58 Å². The molecule has 0 saturated carbocycles. The molecule has 0 aromatic rings. The molecule has 0 aliphatic heterocycles. The number of rotatable bonds is 0. The average Bonchev–Trinajstić information content (AvgIpc) is 1.95. The quantitative estimate of drug-likeness (QED) is 0.406. The number of allylic oxidation sites excluding steroid dienone is 1. The summed E-state index contributed by atoms with van der Waals surface area (Å²) in [5.41, 5.74) is 0. The van der Waals surface area contributed by atoms with Crippen LogP contribution >= 0.6 is 67.8 Å². The van der Waals surface area contributed by atoms with Gasteiger partial charge in [0.2, 0.25) is 0 Å². The first kappa shape index (κ1) is 10.5. The molecule has 0 aromatic heterocycles. The molecule has 0 amide bonds. The van der Waals surface area contributed by atoms with Crippen LogP contribution in [0.15, 0.2) is 21.5 Å². The molecule has 2 unspecified atom stereocenters. The summed E-state index contributed by atoms with van der Waals surface area (Å²) in [6.07, 6.45) is 3.13. The maximum atomic E-state index is 9.67. The first-order chi connectivity index (χ1) is 4.95. The van der Waals surface area contributed by atoms with E-state index in [1.165, 1.54) is 6.08 Å². The van der Waals surface area contributed by atoms with Crippen LogP contribution in [0.1, 0.15) is 0 Å². The molecular formula is C6H5I3O2. The van der Waals surface area contributed by atoms with E-state index in [9.17, 15) is 10.2 Å². The average molecular weight is 490 g/mol. The molecule has 0 spiro atoms. The fraction of sp³-hybridized carbons (Fsp3) is 0.333. The zero-order chi connectivity index (χ0) is 8.65. The fourth-order valence-corrected chi connectivity index (χ4v) is 2.94. The van der Waals surface area contributed by atoms with Crippen molar-refractivity contribution in [3.63, 3.8) is 0 Å². The van der Waals surface area contributed by atoms with E-state index in [0.717, 1.165) is 3.58 Å². The van der Waals surface area contributed by atoms with E-state index < -0.39 is 3.61 Å². The summed E-state index contributed by atoms with van der Waals surface area (Å²) in [5.74, 6) is 0.256. The summed E-state index contributed by atoms with van der Waals surface area (Å²) < 4.78 is -0.130. The Labute approximate surface area is 106 Å². The lowest BCUT2D eigenvalue weighted by atomic mass is 10.1. The normalized spacial score (nSPS) is 38.0. The topological polar surface area (TPSA) is 40.5 Å². The molecule has 0 radical (unpaired) electrons. The molecule has 1 aliphatic carbocycles. The first-order valence-corrected chi connectivity index (χ1v) is 6.18. The van der Waals surface area contributed by atoms with Gasteiger partial charge >= 0.3 is 0 Å². The van der Waals surface area contributed by atoms with Gasteiger partial charge in [-0.15, -0.1) is 0 Å². The van der Waals surface area contributed by atoms with Gasteiger partial charge in [0.15, 0.2) is 3.61 Å². The van der Waals surface area contributed by atoms with Gasteiger partial charge < -0.3 is 10.2 Å². The minimum Gasteiger partial charge on any atom is -0.507 e. The van der Waals surface area contributed by atoms with Crippen molar-refractivity contribution in [2.45, 2.75) is 7.53 Å². The van der Waals surface area contributed by atoms with E-state index in [1.54, 1.807) is 6.08 Å². The molecule has 11 heavy (non-hydrogen) atoms. The largest absolute Gasteiger partial charge is 0.507 e. The van der Waals surface area contributed by atoms with E-state index in [4.69, 9.17) is 0 Å². The van der Waals surface area contributed by atoms with Crippen LogP contribution in [0.4, 0.5) is 0 Å². The highest BCUT2D eigenvalue weighted by Crippen LogP contribution is 2.40. The van der Waals surface area contributed by atoms with Crippen molar-refractivity contribution in [3.05, 3.63) is 21.5 Å². The number of aliphatic hydroxyl groups excluding tert-OH is 1. The van der Waals surface area contributed by atoms with Gasteiger partial charge in [-0.3, -0.25) is 0 Å². The van der Waals surface area contributed by atoms with Crippen LogP contribution in [0.25, 0.3) is 0 Å². The Hall–Kier alpha value is 1.43. The Morgan fingerprint density at radius 1 is 1.55 bits per heavy atom. The summed E-state index contributed by atoms with van der Waals surface area (Å²) in [5, 5.41) is 18.9. The van der Waals surface area contributed by atoms with Gasteiger partial charge in [-0.1, -0.05) is 22.6 Å². The van der Waals surface area contributed by atoms with Crippen LogP contribution in [0.5, 0.6) is 0 Å². The number of hydrogen-bond acceptors (Lipinski definition) is 2. The minimum absolute atomic E-state index is 0.0636. The summed E-state index contributed by atoms with van der Waals surface area (Å²) >= 11 is 6.10. The molecular weight excluding hydrogens is 485 g/mol. The van der Waals surface area contributed by atoms with E-state index >= 15 is 0 Å². The number of aliphatic hydroxyl groups is 2. The van der Waals surface area contributed by atoms with Crippen LogP contribution in [0.3, 0.4) is 0 Å². The van der Waals surface area contributed by atoms with Crippen LogP contribution in [0, 0.1) is 0 Å². The number of halogens is 3. The van der Waals surface area contributed by atoms with E-state index in [0.29, 0.717) is 0 Å². The third-order valence-electron chi connectivity index (χ3n) is 1.30. The Balaban J connectivity index is 3.01. The minimum atomic E-state index is -0.860. The van der Waals surface area contributed by atoms with Crippen LogP contribution in [-0.2, 0) is 0 Å². The third kappa shape index (κ3) is 2.21. The molecule has 2 nitrogen and oxygen atoms in total. The zero-order valence-electron chi connectivity index (χ0n) is 5.26. The van der Waals surface area contributed by atoms with Crippen LogP contribution < -0.4 is 0 Å². The Bertz CT molecular complexity index is 232. The molecule has 0 aromatic carbocycles. The molecule has 5 heteroatoms. The summed E-state index contributed by atoms with van der Waals surface area (Å²) in [6, 6.07) is 0.